The molecule has 5 heteroatoms. The first-order chi connectivity index (χ1) is 4.87. The van der Waals surface area contributed by atoms with Crippen LogP contribution in [0.3, 0.4) is 0 Å². The first kappa shape index (κ1) is 10.2. The Morgan fingerprint density at radius 1 is 1.45 bits per heavy atom. The summed E-state index contributed by atoms with van der Waals surface area (Å²) in [7, 11) is -3.96. The van der Waals surface area contributed by atoms with E-state index in [2.05, 4.69) is 0 Å². The maximum absolute atomic E-state index is 12.7. The number of hydrogen-bond acceptors (Lipinski definition) is 2. The fourth-order valence-electron chi connectivity index (χ4n) is 0.397. The van der Waals surface area contributed by atoms with Crippen molar-refractivity contribution in [2.24, 2.45) is 0 Å². The first-order valence-electron chi connectivity index (χ1n) is 2.83. The smallest absolute Gasteiger partial charge is 0.149 e. The van der Waals surface area contributed by atoms with E-state index in [0.717, 1.165) is 13.2 Å². The fourth-order valence-corrected chi connectivity index (χ4v) is 0.876. The van der Waals surface area contributed by atoms with Gasteiger partial charge in [0.25, 0.3) is 0 Å². The van der Waals surface area contributed by atoms with Gasteiger partial charge in [-0.05, 0) is 6.92 Å². The Balaban J connectivity index is 4.68. The summed E-state index contributed by atoms with van der Waals surface area (Å²) in [5, 5.41) is 16.6. The van der Waals surface area contributed by atoms with E-state index < -0.39 is 22.0 Å². The molecule has 0 saturated carbocycles. The maximum Gasteiger partial charge on any atom is 0.149 e. The molecule has 0 heterocycles. The third-order valence-electron chi connectivity index (χ3n) is 1.44. The first-order valence-corrected chi connectivity index (χ1v) is 4.67. The van der Waals surface area contributed by atoms with Crippen molar-refractivity contribution in [2.75, 3.05) is 6.26 Å². The molecule has 0 saturated heterocycles. The highest BCUT2D eigenvalue weighted by molar-refractivity contribution is 8.26. The predicted octanol–water partition coefficient (Wildman–Crippen LogP) is 2.39. The van der Waals surface area contributed by atoms with Gasteiger partial charge in [0.15, 0.2) is 0 Å². The van der Waals surface area contributed by atoms with Gasteiger partial charge in [0.05, 0.1) is 29.4 Å². The summed E-state index contributed by atoms with van der Waals surface area (Å²) in [5.74, 6) is 0. The number of hydrogen-bond donors (Lipinski definition) is 0. The highest BCUT2D eigenvalue weighted by Crippen LogP contribution is 2.60. The van der Waals surface area contributed by atoms with Gasteiger partial charge in [0.1, 0.15) is 4.75 Å². The minimum Gasteiger partial charge on any atom is -0.198 e. The molecule has 1 atom stereocenters. The normalized spacial score (nSPS) is 17.6. The zero-order chi connectivity index (χ0) is 9.12. The zero-order valence-corrected chi connectivity index (χ0v) is 7.08. The Hall–Kier alpha value is -0.810. The van der Waals surface area contributed by atoms with E-state index in [4.69, 9.17) is 10.5 Å². The average Bonchev–Trinajstić information content (AvgIpc) is 1.86. The second-order valence-corrected chi connectivity index (χ2v) is 4.75. The van der Waals surface area contributed by atoms with Crippen LogP contribution in [0.5, 0.6) is 0 Å². The standard InChI is InChI=1S/C6H8F2N2S/c1-6(5-10,3-4-9)11(2,7)8/h3H2,1-2H3. The molecule has 1 unspecified atom stereocenters. The van der Waals surface area contributed by atoms with Crippen molar-refractivity contribution < 1.29 is 7.77 Å². The van der Waals surface area contributed by atoms with Crippen LogP contribution in [-0.2, 0) is 0 Å². The van der Waals surface area contributed by atoms with E-state index in [0.29, 0.717) is 0 Å². The zero-order valence-electron chi connectivity index (χ0n) is 6.27. The molecule has 0 aliphatic heterocycles. The molecule has 11 heavy (non-hydrogen) atoms. The van der Waals surface area contributed by atoms with Gasteiger partial charge in [0.2, 0.25) is 0 Å². The van der Waals surface area contributed by atoms with Gasteiger partial charge < -0.3 is 0 Å². The highest BCUT2D eigenvalue weighted by atomic mass is 32.3. The van der Waals surface area contributed by atoms with E-state index in [1.807, 2.05) is 0 Å². The molecule has 2 nitrogen and oxygen atoms in total. The summed E-state index contributed by atoms with van der Waals surface area (Å²) in [6, 6.07) is 3.07. The molecule has 0 bridgehead atoms. The predicted molar refractivity (Wildman–Crippen MR) is 40.0 cm³/mol. The van der Waals surface area contributed by atoms with Crippen molar-refractivity contribution in [3.05, 3.63) is 0 Å². The lowest BCUT2D eigenvalue weighted by molar-refractivity contribution is 0.664. The Morgan fingerprint density at radius 3 is 2.00 bits per heavy atom. The molecule has 0 rings (SSSR count). The molecule has 0 spiro atoms. The molecule has 0 fully saturated rings. The third kappa shape index (κ3) is 2.06. The van der Waals surface area contributed by atoms with Crippen LogP contribution in [0.4, 0.5) is 7.77 Å². The SMILES string of the molecule is CC(C#N)(CC#N)S(C)(F)F. The lowest BCUT2D eigenvalue weighted by Crippen LogP contribution is -2.24. The minimum absolute atomic E-state index is 0.414. The minimum atomic E-state index is -3.96. The number of nitrogens with zero attached hydrogens (tertiary/aromatic N) is 2. The highest BCUT2D eigenvalue weighted by Gasteiger charge is 2.42. The van der Waals surface area contributed by atoms with Crippen LogP contribution in [0.2, 0.25) is 0 Å². The van der Waals surface area contributed by atoms with Gasteiger partial charge in [-0.15, -0.1) is 0 Å². The Bertz CT molecular complexity index is 222. The molecule has 0 aromatic carbocycles. The molecule has 0 aromatic heterocycles. The van der Waals surface area contributed by atoms with Crippen LogP contribution >= 0.6 is 10.8 Å². The number of rotatable bonds is 2. The largest absolute Gasteiger partial charge is 0.198 e. The number of nitriles is 2. The second-order valence-electron chi connectivity index (χ2n) is 2.40. The summed E-state index contributed by atoms with van der Waals surface area (Å²) in [4.78, 5) is 0. The summed E-state index contributed by atoms with van der Waals surface area (Å²) < 4.78 is 23.6. The Morgan fingerprint density at radius 2 is 1.91 bits per heavy atom. The fraction of sp³-hybridized carbons (Fsp3) is 0.667. The van der Waals surface area contributed by atoms with Crippen LogP contribution < -0.4 is 0 Å². The second kappa shape index (κ2) is 3.06. The van der Waals surface area contributed by atoms with E-state index >= 15 is 0 Å². The molecule has 0 N–H and O–H groups in total. The van der Waals surface area contributed by atoms with E-state index in [1.165, 1.54) is 6.07 Å². The van der Waals surface area contributed by atoms with Gasteiger partial charge in [0, 0.05) is 6.26 Å². The molecule has 0 amide bonds. The Labute approximate surface area is 66.3 Å². The lowest BCUT2D eigenvalue weighted by atomic mass is 10.1. The molecule has 0 aromatic rings. The van der Waals surface area contributed by atoms with Crippen molar-refractivity contribution in [3.63, 3.8) is 0 Å². The monoisotopic (exact) mass is 178 g/mol. The summed E-state index contributed by atoms with van der Waals surface area (Å²) in [6.07, 6.45) is 0.315. The van der Waals surface area contributed by atoms with Crippen molar-refractivity contribution in [1.29, 1.82) is 10.5 Å². The van der Waals surface area contributed by atoms with E-state index in [1.54, 1.807) is 6.07 Å². The van der Waals surface area contributed by atoms with Gasteiger partial charge in [-0.25, -0.2) is 0 Å². The van der Waals surface area contributed by atoms with Crippen molar-refractivity contribution >= 4 is 10.8 Å². The topological polar surface area (TPSA) is 47.6 Å². The molecule has 62 valence electrons. The third-order valence-corrected chi connectivity index (χ3v) is 3.26. The van der Waals surface area contributed by atoms with Gasteiger partial charge in [-0.3, -0.25) is 0 Å². The van der Waals surface area contributed by atoms with Crippen LogP contribution in [0.15, 0.2) is 0 Å². The molecular formula is C6H8F2N2S. The van der Waals surface area contributed by atoms with Gasteiger partial charge >= 0.3 is 0 Å². The van der Waals surface area contributed by atoms with Crippen molar-refractivity contribution in [3.8, 4) is 12.1 Å². The quantitative estimate of drug-likeness (QED) is 0.651. The summed E-state index contributed by atoms with van der Waals surface area (Å²) >= 11 is 0. The van der Waals surface area contributed by atoms with E-state index in [9.17, 15) is 7.77 Å². The summed E-state index contributed by atoms with van der Waals surface area (Å²) in [6.45, 7) is 1.12. The Kier molecular flexibility index (Phi) is 2.84. The van der Waals surface area contributed by atoms with Crippen LogP contribution in [0, 0.1) is 22.7 Å². The van der Waals surface area contributed by atoms with Crippen LogP contribution in [-0.4, -0.2) is 11.0 Å². The molecule has 0 aliphatic rings. The van der Waals surface area contributed by atoms with Gasteiger partial charge in [-0.2, -0.15) is 18.3 Å². The van der Waals surface area contributed by atoms with Crippen molar-refractivity contribution in [2.45, 2.75) is 18.1 Å². The summed E-state index contributed by atoms with van der Waals surface area (Å²) in [5.41, 5.74) is 0. The average molecular weight is 178 g/mol. The van der Waals surface area contributed by atoms with E-state index in [-0.39, 0.29) is 0 Å². The number of halogens is 2. The lowest BCUT2D eigenvalue weighted by Gasteiger charge is -2.28. The van der Waals surface area contributed by atoms with Crippen LogP contribution in [0.25, 0.3) is 0 Å². The van der Waals surface area contributed by atoms with Crippen LogP contribution in [0.1, 0.15) is 13.3 Å². The molecule has 0 radical (unpaired) electrons. The maximum atomic E-state index is 12.7. The molecular weight excluding hydrogens is 170 g/mol. The molecule has 0 aliphatic carbocycles. The van der Waals surface area contributed by atoms with Gasteiger partial charge in [-0.1, -0.05) is 0 Å². The van der Waals surface area contributed by atoms with Crippen molar-refractivity contribution in [1.82, 2.24) is 0 Å².